The normalized spacial score (nSPS) is 17.0. The van der Waals surface area contributed by atoms with Crippen LogP contribution in [0.5, 0.6) is 5.75 Å². The first kappa shape index (κ1) is 21.4. The molecule has 4 rings (SSSR count). The van der Waals surface area contributed by atoms with Gasteiger partial charge < -0.3 is 20.4 Å². The first-order valence-electron chi connectivity index (χ1n) is 10.4. The Bertz CT molecular complexity index is 1120. The Kier molecular flexibility index (Phi) is 5.81. The number of nitrogens with one attached hydrogen (secondary N) is 3. The molecule has 1 unspecified atom stereocenters. The molecular formula is C23H25N5O4. The van der Waals surface area contributed by atoms with Crippen molar-refractivity contribution in [1.29, 1.82) is 0 Å². The number of benzene rings is 2. The van der Waals surface area contributed by atoms with Gasteiger partial charge in [-0.1, -0.05) is 26.0 Å². The first-order valence-corrected chi connectivity index (χ1v) is 10.4. The number of carbonyl (C=O) groups is 3. The number of imidazole rings is 1. The number of hydrogen-bond acceptors (Lipinski definition) is 5. The van der Waals surface area contributed by atoms with Crippen molar-refractivity contribution in [2.24, 2.45) is 5.92 Å². The lowest BCUT2D eigenvalue weighted by atomic mass is 10.0. The van der Waals surface area contributed by atoms with Gasteiger partial charge in [-0.05, 0) is 42.3 Å². The standard InChI is InChI=1S/C23H25N5O4/c1-13(2)20(21-24-16-6-4-5-7-17(16)25-21)27-19(29)12-18-22(30)28(23(31)26-18)14-8-10-15(32-3)11-9-14/h4-11,13,18,20H,12H2,1-3H3,(H,24,25)(H,26,31)(H,27,29)/t18?,20-/m0/s1. The van der Waals surface area contributed by atoms with Crippen molar-refractivity contribution in [3.05, 3.63) is 54.4 Å². The van der Waals surface area contributed by atoms with E-state index in [0.29, 0.717) is 17.3 Å². The van der Waals surface area contributed by atoms with Crippen LogP contribution in [0.15, 0.2) is 48.5 Å². The van der Waals surface area contributed by atoms with E-state index in [1.54, 1.807) is 24.3 Å². The van der Waals surface area contributed by atoms with Gasteiger partial charge in [0.1, 0.15) is 17.6 Å². The minimum atomic E-state index is -0.937. The van der Waals surface area contributed by atoms with E-state index in [1.165, 1.54) is 7.11 Å². The highest BCUT2D eigenvalue weighted by Gasteiger charge is 2.40. The molecular weight excluding hydrogens is 410 g/mol. The Hall–Kier alpha value is -3.88. The van der Waals surface area contributed by atoms with Gasteiger partial charge in [-0.15, -0.1) is 0 Å². The molecule has 2 atom stereocenters. The molecule has 9 heteroatoms. The average molecular weight is 435 g/mol. The Balaban J connectivity index is 1.45. The summed E-state index contributed by atoms with van der Waals surface area (Å²) in [6.07, 6.45) is -0.166. The number of H-pyrrole nitrogens is 1. The molecule has 3 N–H and O–H groups in total. The molecule has 4 amide bonds. The number of ether oxygens (including phenoxy) is 1. The third-order valence-electron chi connectivity index (χ3n) is 5.42. The van der Waals surface area contributed by atoms with E-state index in [-0.39, 0.29) is 24.3 Å². The number of aromatic amines is 1. The zero-order chi connectivity index (χ0) is 22.8. The van der Waals surface area contributed by atoms with Gasteiger partial charge in [-0.2, -0.15) is 0 Å². The van der Waals surface area contributed by atoms with Crippen molar-refractivity contribution in [1.82, 2.24) is 20.6 Å². The predicted octanol–water partition coefficient (Wildman–Crippen LogP) is 2.90. The number of carbonyl (C=O) groups excluding carboxylic acids is 3. The maximum absolute atomic E-state index is 12.8. The molecule has 1 saturated heterocycles. The second kappa shape index (κ2) is 8.70. The number of hydrogen-bond donors (Lipinski definition) is 3. The summed E-state index contributed by atoms with van der Waals surface area (Å²) in [5, 5.41) is 5.55. The van der Waals surface area contributed by atoms with Crippen LogP contribution in [0.3, 0.4) is 0 Å². The Morgan fingerprint density at radius 1 is 1.16 bits per heavy atom. The quantitative estimate of drug-likeness (QED) is 0.494. The molecule has 1 fully saturated rings. The van der Waals surface area contributed by atoms with Crippen molar-refractivity contribution in [3.8, 4) is 5.75 Å². The number of amides is 4. The van der Waals surface area contributed by atoms with E-state index >= 15 is 0 Å². The summed E-state index contributed by atoms with van der Waals surface area (Å²) >= 11 is 0. The maximum atomic E-state index is 12.8. The Morgan fingerprint density at radius 3 is 2.53 bits per heavy atom. The van der Waals surface area contributed by atoms with Gasteiger partial charge in [0.05, 0.1) is 36.3 Å². The van der Waals surface area contributed by atoms with Crippen molar-refractivity contribution in [3.63, 3.8) is 0 Å². The van der Waals surface area contributed by atoms with Crippen LogP contribution in [0.1, 0.15) is 32.1 Å². The largest absolute Gasteiger partial charge is 0.497 e. The van der Waals surface area contributed by atoms with Gasteiger partial charge in [0, 0.05) is 0 Å². The lowest BCUT2D eigenvalue weighted by Crippen LogP contribution is -2.39. The van der Waals surface area contributed by atoms with Crippen LogP contribution in [-0.4, -0.2) is 41.0 Å². The molecule has 1 aliphatic rings. The maximum Gasteiger partial charge on any atom is 0.329 e. The van der Waals surface area contributed by atoms with E-state index in [1.807, 2.05) is 38.1 Å². The van der Waals surface area contributed by atoms with Crippen molar-refractivity contribution in [2.45, 2.75) is 32.4 Å². The molecule has 2 heterocycles. The highest BCUT2D eigenvalue weighted by atomic mass is 16.5. The molecule has 0 spiro atoms. The number of nitrogens with zero attached hydrogens (tertiary/aromatic N) is 2. The van der Waals surface area contributed by atoms with E-state index < -0.39 is 18.0 Å². The monoisotopic (exact) mass is 435 g/mol. The third-order valence-corrected chi connectivity index (χ3v) is 5.42. The van der Waals surface area contributed by atoms with Gasteiger partial charge in [-0.3, -0.25) is 9.59 Å². The van der Waals surface area contributed by atoms with Gasteiger partial charge >= 0.3 is 6.03 Å². The number of urea groups is 1. The second-order valence-corrected chi connectivity index (χ2v) is 8.01. The molecule has 0 saturated carbocycles. The van der Waals surface area contributed by atoms with Gasteiger partial charge in [0.2, 0.25) is 5.91 Å². The average Bonchev–Trinajstić information content (AvgIpc) is 3.32. The number of anilines is 1. The predicted molar refractivity (Wildman–Crippen MR) is 119 cm³/mol. The van der Waals surface area contributed by atoms with Gasteiger partial charge in [0.15, 0.2) is 0 Å². The van der Waals surface area contributed by atoms with E-state index in [4.69, 9.17) is 4.74 Å². The van der Waals surface area contributed by atoms with E-state index in [2.05, 4.69) is 20.6 Å². The van der Waals surface area contributed by atoms with Crippen LogP contribution in [0.2, 0.25) is 0 Å². The molecule has 0 radical (unpaired) electrons. The van der Waals surface area contributed by atoms with Crippen LogP contribution >= 0.6 is 0 Å². The van der Waals surface area contributed by atoms with Crippen LogP contribution < -0.4 is 20.3 Å². The number of imide groups is 1. The zero-order valence-electron chi connectivity index (χ0n) is 18.1. The van der Waals surface area contributed by atoms with E-state index in [0.717, 1.165) is 15.9 Å². The summed E-state index contributed by atoms with van der Waals surface area (Å²) in [4.78, 5) is 46.9. The fourth-order valence-corrected chi connectivity index (χ4v) is 3.73. The van der Waals surface area contributed by atoms with E-state index in [9.17, 15) is 14.4 Å². The zero-order valence-corrected chi connectivity index (χ0v) is 18.1. The summed E-state index contributed by atoms with van der Waals surface area (Å²) in [6.45, 7) is 3.96. The molecule has 166 valence electrons. The van der Waals surface area contributed by atoms with Crippen LogP contribution in [0.25, 0.3) is 11.0 Å². The summed E-state index contributed by atoms with van der Waals surface area (Å²) in [6, 6.07) is 12.3. The molecule has 3 aromatic rings. The molecule has 1 aromatic heterocycles. The van der Waals surface area contributed by atoms with Gasteiger partial charge in [-0.25, -0.2) is 14.7 Å². The molecule has 2 aromatic carbocycles. The van der Waals surface area contributed by atoms with Crippen LogP contribution in [0.4, 0.5) is 10.5 Å². The summed E-state index contributed by atoms with van der Waals surface area (Å²) in [5.74, 6) is 0.502. The third kappa shape index (κ3) is 4.14. The highest BCUT2D eigenvalue weighted by molar-refractivity contribution is 6.22. The number of aromatic nitrogens is 2. The van der Waals surface area contributed by atoms with Crippen molar-refractivity contribution >= 4 is 34.6 Å². The highest BCUT2D eigenvalue weighted by Crippen LogP contribution is 2.25. The number of para-hydroxylation sites is 2. The first-order chi connectivity index (χ1) is 15.4. The number of fused-ring (bicyclic) bond motifs is 1. The number of methoxy groups -OCH3 is 1. The molecule has 1 aliphatic heterocycles. The van der Waals surface area contributed by atoms with Crippen molar-refractivity contribution in [2.75, 3.05) is 12.0 Å². The Labute approximate surface area is 185 Å². The second-order valence-electron chi connectivity index (χ2n) is 8.01. The number of rotatable bonds is 7. The lowest BCUT2D eigenvalue weighted by Gasteiger charge is -2.21. The minimum absolute atomic E-state index is 0.0594. The fourth-order valence-electron chi connectivity index (χ4n) is 3.73. The summed E-state index contributed by atoms with van der Waals surface area (Å²) < 4.78 is 5.11. The lowest BCUT2D eigenvalue weighted by molar-refractivity contribution is -0.126. The van der Waals surface area contributed by atoms with Gasteiger partial charge in [0.25, 0.3) is 5.91 Å². The molecule has 0 aliphatic carbocycles. The SMILES string of the molecule is COc1ccc(N2C(=O)NC(CC(=O)N[C@H](c3nc4ccccc4[nH]3)C(C)C)C2=O)cc1. The topological polar surface area (TPSA) is 116 Å². The molecule has 9 nitrogen and oxygen atoms in total. The molecule has 0 bridgehead atoms. The van der Waals surface area contributed by atoms with Crippen LogP contribution in [-0.2, 0) is 9.59 Å². The van der Waals surface area contributed by atoms with Crippen LogP contribution in [0, 0.1) is 5.92 Å². The summed E-state index contributed by atoms with van der Waals surface area (Å²) in [7, 11) is 1.53. The molecule has 32 heavy (non-hydrogen) atoms. The fraction of sp³-hybridized carbons (Fsp3) is 0.304. The summed E-state index contributed by atoms with van der Waals surface area (Å²) in [5.41, 5.74) is 2.12. The minimum Gasteiger partial charge on any atom is -0.497 e. The Morgan fingerprint density at radius 2 is 1.88 bits per heavy atom. The smallest absolute Gasteiger partial charge is 0.329 e. The van der Waals surface area contributed by atoms with Crippen molar-refractivity contribution < 1.29 is 19.1 Å².